The summed E-state index contributed by atoms with van der Waals surface area (Å²) in [5, 5.41) is 1.15. The molecule has 0 aliphatic heterocycles. The fourth-order valence-corrected chi connectivity index (χ4v) is 4.66. The number of nitrogens with zero attached hydrogens (tertiary/aromatic N) is 4. The molecule has 2 N–H and O–H groups in total. The van der Waals surface area contributed by atoms with Crippen molar-refractivity contribution < 1.29 is 0 Å². The number of rotatable bonds is 2. The molecule has 0 fully saturated rings. The largest absolute Gasteiger partial charge is 0.399 e. The first-order valence-corrected chi connectivity index (χ1v) is 9.17. The van der Waals surface area contributed by atoms with Crippen molar-refractivity contribution in [1.82, 2.24) is 19.1 Å². The molecule has 26 heavy (non-hydrogen) atoms. The Balaban J connectivity index is 1.79. The fraction of sp³-hybridized carbons (Fsp3) is 0.100. The van der Waals surface area contributed by atoms with Gasteiger partial charge in [0.1, 0.15) is 5.82 Å². The first-order valence-electron chi connectivity index (χ1n) is 8.36. The highest BCUT2D eigenvalue weighted by Gasteiger charge is 2.15. The van der Waals surface area contributed by atoms with Crippen molar-refractivity contribution in [1.29, 1.82) is 0 Å². The number of hydrogen-bond acceptors (Lipinski definition) is 4. The van der Waals surface area contributed by atoms with Gasteiger partial charge in [0.05, 0.1) is 26.3 Å². The molecule has 0 bridgehead atoms. The summed E-state index contributed by atoms with van der Waals surface area (Å²) in [5.41, 5.74) is 11.2. The Morgan fingerprint density at radius 1 is 1.04 bits per heavy atom. The van der Waals surface area contributed by atoms with E-state index >= 15 is 0 Å². The standard InChI is InChI=1S/C20H17N5S/c1-12-9-13-10-14(21)3-4-16(13)25(12)17-5-6-22-15-11-18(26-19(15)17)20-23-7-8-24(20)2/h3-11H,21H2,1-2H3. The minimum absolute atomic E-state index is 0.780. The number of aryl methyl sites for hydroxylation is 2. The van der Waals surface area contributed by atoms with E-state index in [2.05, 4.69) is 45.7 Å². The van der Waals surface area contributed by atoms with Crippen LogP contribution in [-0.2, 0) is 7.05 Å². The maximum absolute atomic E-state index is 5.96. The molecule has 0 saturated carbocycles. The second-order valence-corrected chi connectivity index (χ2v) is 7.51. The summed E-state index contributed by atoms with van der Waals surface area (Å²) in [7, 11) is 2.01. The summed E-state index contributed by atoms with van der Waals surface area (Å²) in [6.07, 6.45) is 5.65. The smallest absolute Gasteiger partial charge is 0.149 e. The summed E-state index contributed by atoms with van der Waals surface area (Å²) in [6, 6.07) is 12.4. The monoisotopic (exact) mass is 359 g/mol. The fourth-order valence-electron chi connectivity index (χ4n) is 3.51. The van der Waals surface area contributed by atoms with Gasteiger partial charge in [-0.1, -0.05) is 0 Å². The van der Waals surface area contributed by atoms with Crippen molar-refractivity contribution in [2.24, 2.45) is 7.05 Å². The van der Waals surface area contributed by atoms with E-state index in [1.807, 2.05) is 42.3 Å². The molecule has 6 heteroatoms. The molecular formula is C20H17N5S. The molecule has 1 aromatic carbocycles. The van der Waals surface area contributed by atoms with Gasteiger partial charge < -0.3 is 14.9 Å². The van der Waals surface area contributed by atoms with Crippen molar-refractivity contribution in [3.05, 3.63) is 60.7 Å². The third-order valence-corrected chi connectivity index (χ3v) is 5.83. The summed E-state index contributed by atoms with van der Waals surface area (Å²) in [4.78, 5) is 10.2. The maximum atomic E-state index is 5.96. The van der Waals surface area contributed by atoms with E-state index in [1.54, 1.807) is 11.3 Å². The Kier molecular flexibility index (Phi) is 3.17. The highest BCUT2D eigenvalue weighted by molar-refractivity contribution is 7.22. The first-order chi connectivity index (χ1) is 12.6. The quantitative estimate of drug-likeness (QED) is 0.471. The number of imidazole rings is 1. The summed E-state index contributed by atoms with van der Waals surface area (Å²) < 4.78 is 5.46. The van der Waals surface area contributed by atoms with Crippen LogP contribution in [0.15, 0.2) is 55.0 Å². The first kappa shape index (κ1) is 15.2. The van der Waals surface area contributed by atoms with Crippen molar-refractivity contribution in [3.63, 3.8) is 0 Å². The van der Waals surface area contributed by atoms with Crippen LogP contribution in [-0.4, -0.2) is 19.1 Å². The van der Waals surface area contributed by atoms with Gasteiger partial charge in [0.25, 0.3) is 0 Å². The van der Waals surface area contributed by atoms with E-state index in [-0.39, 0.29) is 0 Å². The van der Waals surface area contributed by atoms with Gasteiger partial charge in [-0.2, -0.15) is 0 Å². The average Bonchev–Trinajstić information content (AvgIpc) is 3.29. The highest BCUT2D eigenvalue weighted by Crippen LogP contribution is 2.37. The maximum Gasteiger partial charge on any atom is 0.149 e. The van der Waals surface area contributed by atoms with Crippen LogP contribution < -0.4 is 5.73 Å². The molecule has 4 aromatic heterocycles. The number of nitrogens with two attached hydrogens (primary N) is 1. The minimum atomic E-state index is 0.780. The lowest BCUT2D eigenvalue weighted by atomic mass is 10.2. The van der Waals surface area contributed by atoms with E-state index in [0.29, 0.717) is 0 Å². The lowest BCUT2D eigenvalue weighted by Gasteiger charge is -2.09. The Bertz CT molecular complexity index is 1270. The summed E-state index contributed by atoms with van der Waals surface area (Å²) >= 11 is 1.72. The van der Waals surface area contributed by atoms with Gasteiger partial charge in [-0.3, -0.25) is 4.98 Å². The molecule has 0 amide bonds. The Morgan fingerprint density at radius 3 is 2.73 bits per heavy atom. The van der Waals surface area contributed by atoms with E-state index < -0.39 is 0 Å². The van der Waals surface area contributed by atoms with Crippen molar-refractivity contribution >= 4 is 38.1 Å². The second kappa shape index (κ2) is 5.44. The van der Waals surface area contributed by atoms with Crippen LogP contribution in [0.25, 0.3) is 37.5 Å². The van der Waals surface area contributed by atoms with Gasteiger partial charge in [-0.25, -0.2) is 4.98 Å². The SMILES string of the molecule is Cc1cc2cc(N)ccc2n1-c1ccnc2cc(-c3nccn3C)sc12. The Labute approximate surface area is 154 Å². The number of thiophene rings is 1. The van der Waals surface area contributed by atoms with Crippen molar-refractivity contribution in [3.8, 4) is 16.4 Å². The number of pyridine rings is 1. The van der Waals surface area contributed by atoms with E-state index in [0.717, 1.165) is 43.2 Å². The van der Waals surface area contributed by atoms with Crippen LogP contribution in [0.1, 0.15) is 5.69 Å². The van der Waals surface area contributed by atoms with Gasteiger partial charge in [-0.15, -0.1) is 11.3 Å². The number of benzene rings is 1. The predicted molar refractivity (Wildman–Crippen MR) is 108 cm³/mol. The molecule has 128 valence electrons. The minimum Gasteiger partial charge on any atom is -0.399 e. The zero-order valence-electron chi connectivity index (χ0n) is 14.5. The number of nitrogen functional groups attached to an aromatic ring is 1. The van der Waals surface area contributed by atoms with Gasteiger partial charge in [0.15, 0.2) is 0 Å². The average molecular weight is 359 g/mol. The molecule has 0 saturated heterocycles. The number of aromatic nitrogens is 4. The summed E-state index contributed by atoms with van der Waals surface area (Å²) in [6.45, 7) is 2.12. The van der Waals surface area contributed by atoms with Crippen molar-refractivity contribution in [2.75, 3.05) is 5.73 Å². The molecule has 0 aliphatic rings. The van der Waals surface area contributed by atoms with Crippen molar-refractivity contribution in [2.45, 2.75) is 6.92 Å². The topological polar surface area (TPSA) is 61.7 Å². The predicted octanol–water partition coefficient (Wildman–Crippen LogP) is 4.53. The number of anilines is 1. The van der Waals surface area contributed by atoms with Gasteiger partial charge in [-0.05, 0) is 43.3 Å². The van der Waals surface area contributed by atoms with Gasteiger partial charge in [0.2, 0.25) is 0 Å². The van der Waals surface area contributed by atoms with Crippen LogP contribution in [0, 0.1) is 6.92 Å². The molecule has 0 spiro atoms. The molecular weight excluding hydrogens is 342 g/mol. The van der Waals surface area contributed by atoms with Crippen LogP contribution in [0.2, 0.25) is 0 Å². The molecule has 5 nitrogen and oxygen atoms in total. The molecule has 0 atom stereocenters. The zero-order valence-corrected chi connectivity index (χ0v) is 15.3. The molecule has 5 aromatic rings. The zero-order chi connectivity index (χ0) is 17.8. The third kappa shape index (κ3) is 2.16. The van der Waals surface area contributed by atoms with Crippen LogP contribution in [0.4, 0.5) is 5.69 Å². The number of hydrogen-bond donors (Lipinski definition) is 1. The Hall–Kier alpha value is -3.12. The van der Waals surface area contributed by atoms with Crippen LogP contribution in [0.3, 0.4) is 0 Å². The van der Waals surface area contributed by atoms with Gasteiger partial charge >= 0.3 is 0 Å². The molecule has 0 aliphatic carbocycles. The van der Waals surface area contributed by atoms with Crippen LogP contribution >= 0.6 is 11.3 Å². The molecule has 4 heterocycles. The summed E-state index contributed by atoms with van der Waals surface area (Å²) in [5.74, 6) is 0.959. The second-order valence-electron chi connectivity index (χ2n) is 6.46. The van der Waals surface area contributed by atoms with E-state index in [1.165, 1.54) is 5.69 Å². The van der Waals surface area contributed by atoms with Gasteiger partial charge in [0, 0.05) is 42.4 Å². The molecule has 0 radical (unpaired) electrons. The molecule has 0 unspecified atom stereocenters. The normalized spacial score (nSPS) is 11.6. The number of fused-ring (bicyclic) bond motifs is 2. The van der Waals surface area contributed by atoms with Crippen LogP contribution in [0.5, 0.6) is 0 Å². The lowest BCUT2D eigenvalue weighted by molar-refractivity contribution is 0.928. The lowest BCUT2D eigenvalue weighted by Crippen LogP contribution is -1.97. The van der Waals surface area contributed by atoms with E-state index in [4.69, 9.17) is 5.73 Å². The highest BCUT2D eigenvalue weighted by atomic mass is 32.1. The Morgan fingerprint density at radius 2 is 1.92 bits per heavy atom. The molecule has 5 rings (SSSR count). The van der Waals surface area contributed by atoms with E-state index in [9.17, 15) is 0 Å². The third-order valence-electron chi connectivity index (χ3n) is 4.68.